The Morgan fingerprint density at radius 3 is 1.00 bits per heavy atom. The number of halogens is 2. The number of benzene rings is 2. The third kappa shape index (κ3) is 8.59. The molecule has 0 unspecified atom stereocenters. The van der Waals surface area contributed by atoms with Crippen molar-refractivity contribution in [3.05, 3.63) is 58.7 Å². The standard InChI is InChI=1S/C26H36N2.2BrH.Ni/c1-17(2)21-11-9-12-22(18(3)4)25(21)27-15-16-28-26-23(19(5)6)13-10-14-24(26)20(7)8;;;/h9-20H,1-8H3;2*1H;/q;;;+2/p-2. The van der Waals surface area contributed by atoms with Crippen molar-refractivity contribution in [1.29, 1.82) is 0 Å². The monoisotopic (exact) mass is 592 g/mol. The van der Waals surface area contributed by atoms with Crippen molar-refractivity contribution in [2.75, 3.05) is 0 Å². The average molecular weight is 595 g/mol. The third-order valence-electron chi connectivity index (χ3n) is 5.16. The summed E-state index contributed by atoms with van der Waals surface area (Å²) in [5.74, 6) is 1.77. The van der Waals surface area contributed by atoms with Crippen molar-refractivity contribution in [2.24, 2.45) is 9.98 Å². The average Bonchev–Trinajstić information content (AvgIpc) is 2.71. The molecule has 2 nitrogen and oxygen atoms in total. The first kappa shape index (κ1) is 28.3. The summed E-state index contributed by atoms with van der Waals surface area (Å²) in [7, 11) is 1.25. The molecule has 0 amide bonds. The molecule has 2 rings (SSSR count). The van der Waals surface area contributed by atoms with Gasteiger partial charge in [-0.05, 0) is 45.9 Å². The van der Waals surface area contributed by atoms with Gasteiger partial charge in [-0.25, -0.2) is 0 Å². The van der Waals surface area contributed by atoms with Crippen molar-refractivity contribution in [3.63, 3.8) is 0 Å². The van der Waals surface area contributed by atoms with E-state index in [1.54, 1.807) is 0 Å². The van der Waals surface area contributed by atoms with Crippen LogP contribution in [0.2, 0.25) is 0 Å². The van der Waals surface area contributed by atoms with E-state index in [1.807, 2.05) is 12.4 Å². The predicted molar refractivity (Wildman–Crippen MR) is 143 cm³/mol. The molecule has 0 aliphatic rings. The fourth-order valence-corrected chi connectivity index (χ4v) is 3.54. The SMILES string of the molecule is CC(C)c1cccc(C(C)C)c1N=CC=Nc1c(C(C)C)cccc1C(C)C.[Br][Ni][Br]. The van der Waals surface area contributed by atoms with Crippen LogP contribution in [0.5, 0.6) is 0 Å². The van der Waals surface area contributed by atoms with Crippen molar-refractivity contribution in [2.45, 2.75) is 79.1 Å². The summed E-state index contributed by atoms with van der Waals surface area (Å²) in [6.45, 7) is 17.8. The predicted octanol–water partition coefficient (Wildman–Crippen LogP) is 9.97. The minimum absolute atomic E-state index is 0.442. The zero-order valence-corrected chi connectivity index (χ0v) is 24.1. The van der Waals surface area contributed by atoms with Gasteiger partial charge in [0, 0.05) is 12.4 Å². The molecule has 0 N–H and O–H groups in total. The Morgan fingerprint density at radius 1 is 0.581 bits per heavy atom. The quantitative estimate of drug-likeness (QED) is 0.225. The molecular weight excluding hydrogens is 559 g/mol. The van der Waals surface area contributed by atoms with Crippen LogP contribution in [0.3, 0.4) is 0 Å². The van der Waals surface area contributed by atoms with Gasteiger partial charge in [-0.15, -0.1) is 0 Å². The molecule has 2 aromatic rings. The van der Waals surface area contributed by atoms with Gasteiger partial charge in [0.1, 0.15) is 0 Å². The van der Waals surface area contributed by atoms with E-state index in [0.29, 0.717) is 23.7 Å². The van der Waals surface area contributed by atoms with Crippen LogP contribution in [-0.2, 0) is 10.9 Å². The molecule has 0 saturated carbocycles. The molecule has 31 heavy (non-hydrogen) atoms. The van der Waals surface area contributed by atoms with E-state index in [9.17, 15) is 0 Å². The van der Waals surface area contributed by atoms with E-state index in [4.69, 9.17) is 9.98 Å². The molecule has 0 bridgehead atoms. The number of aliphatic imine (C=N–C) groups is 2. The first-order valence-electron chi connectivity index (χ1n) is 10.8. The maximum absolute atomic E-state index is 4.84. The van der Waals surface area contributed by atoms with Crippen LogP contribution in [-0.4, -0.2) is 12.4 Å². The van der Waals surface area contributed by atoms with Crippen LogP contribution in [0.1, 0.15) is 101 Å². The Kier molecular flexibility index (Phi) is 13.1. The van der Waals surface area contributed by atoms with Crippen LogP contribution in [0, 0.1) is 0 Å². The van der Waals surface area contributed by atoms with Crippen molar-refractivity contribution in [3.8, 4) is 0 Å². The molecule has 0 fully saturated rings. The fraction of sp³-hybridized carbons (Fsp3) is 0.462. The van der Waals surface area contributed by atoms with Gasteiger partial charge in [-0.1, -0.05) is 91.8 Å². The molecule has 0 spiro atoms. The van der Waals surface area contributed by atoms with E-state index >= 15 is 0 Å². The van der Waals surface area contributed by atoms with Crippen molar-refractivity contribution in [1.82, 2.24) is 0 Å². The fourth-order valence-electron chi connectivity index (χ4n) is 3.54. The summed E-state index contributed by atoms with van der Waals surface area (Å²) in [6, 6.07) is 13.0. The summed E-state index contributed by atoms with van der Waals surface area (Å²) in [5.41, 5.74) is 7.37. The van der Waals surface area contributed by atoms with E-state index in [2.05, 4.69) is 120 Å². The summed E-state index contributed by atoms with van der Waals surface area (Å²) >= 11 is 6.00. The zero-order valence-electron chi connectivity index (χ0n) is 19.9. The topological polar surface area (TPSA) is 24.7 Å². The van der Waals surface area contributed by atoms with Crippen LogP contribution in [0.25, 0.3) is 0 Å². The summed E-state index contributed by atoms with van der Waals surface area (Å²) in [6.07, 6.45) is 3.71. The molecule has 2 aromatic carbocycles. The molecule has 5 heteroatoms. The van der Waals surface area contributed by atoms with Crippen molar-refractivity contribution < 1.29 is 10.9 Å². The normalized spacial score (nSPS) is 12.1. The Balaban J connectivity index is 0.00000151. The van der Waals surface area contributed by atoms with Crippen molar-refractivity contribution >= 4 is 52.3 Å². The first-order chi connectivity index (χ1) is 14.6. The number of hydrogen-bond acceptors (Lipinski definition) is 2. The maximum atomic E-state index is 4.84. The second-order valence-electron chi connectivity index (χ2n) is 8.79. The van der Waals surface area contributed by atoms with Crippen LogP contribution >= 0.6 is 28.5 Å². The molecule has 0 radical (unpaired) electrons. The van der Waals surface area contributed by atoms with Gasteiger partial charge in [0.2, 0.25) is 0 Å². The molecular formula is C26H36Br2N2Ni. The molecule has 0 heterocycles. The molecule has 0 saturated heterocycles. The Hall–Kier alpha value is -0.766. The van der Waals surface area contributed by atoms with Gasteiger partial charge in [0.15, 0.2) is 0 Å². The Morgan fingerprint density at radius 2 is 0.806 bits per heavy atom. The number of para-hydroxylation sites is 2. The second kappa shape index (κ2) is 14.4. The van der Waals surface area contributed by atoms with Gasteiger partial charge in [-0.2, -0.15) is 0 Å². The number of rotatable bonds is 7. The summed E-state index contributed by atoms with van der Waals surface area (Å²) in [4.78, 5) is 9.68. The van der Waals surface area contributed by atoms with E-state index in [-0.39, 0.29) is 0 Å². The molecule has 0 aliphatic carbocycles. The molecule has 0 aromatic heterocycles. The second-order valence-corrected chi connectivity index (χ2v) is 13.8. The van der Waals surface area contributed by atoms with Crippen LogP contribution in [0.15, 0.2) is 46.4 Å². The number of nitrogens with zero attached hydrogens (tertiary/aromatic N) is 2. The van der Waals surface area contributed by atoms with Gasteiger partial charge < -0.3 is 0 Å². The molecule has 0 aliphatic heterocycles. The zero-order chi connectivity index (χ0) is 23.6. The molecule has 0 atom stereocenters. The molecule has 174 valence electrons. The number of hydrogen-bond donors (Lipinski definition) is 0. The Labute approximate surface area is 209 Å². The summed E-state index contributed by atoms with van der Waals surface area (Å²) < 4.78 is 0. The Bertz CT molecular complexity index is 748. The van der Waals surface area contributed by atoms with E-state index in [0.717, 1.165) is 11.4 Å². The van der Waals surface area contributed by atoms with Gasteiger partial charge in [0.05, 0.1) is 11.4 Å². The third-order valence-corrected chi connectivity index (χ3v) is 5.16. The minimum atomic E-state index is 0.442. The summed E-state index contributed by atoms with van der Waals surface area (Å²) in [5, 5.41) is 0. The van der Waals surface area contributed by atoms with Gasteiger partial charge in [-0.3, -0.25) is 9.98 Å². The van der Waals surface area contributed by atoms with Crippen LogP contribution in [0.4, 0.5) is 11.4 Å². The first-order valence-corrected chi connectivity index (χ1v) is 15.7. The van der Waals surface area contributed by atoms with E-state index < -0.39 is 0 Å². The van der Waals surface area contributed by atoms with Crippen LogP contribution < -0.4 is 0 Å². The van der Waals surface area contributed by atoms with Gasteiger partial charge in [0.25, 0.3) is 0 Å². The van der Waals surface area contributed by atoms with Gasteiger partial charge >= 0.3 is 39.3 Å². The van der Waals surface area contributed by atoms with E-state index in [1.165, 1.54) is 33.2 Å².